The maximum Gasteiger partial charge on any atom is 0.223 e. The van der Waals surface area contributed by atoms with Crippen LogP contribution in [0.1, 0.15) is 31.5 Å². The molecule has 1 heterocycles. The third-order valence-corrected chi connectivity index (χ3v) is 4.62. The van der Waals surface area contributed by atoms with Crippen LogP contribution in [-0.2, 0) is 10.2 Å². The van der Waals surface area contributed by atoms with Gasteiger partial charge in [0.05, 0.1) is 11.1 Å². The second-order valence-corrected chi connectivity index (χ2v) is 6.40. The average molecular weight is 363 g/mol. The summed E-state index contributed by atoms with van der Waals surface area (Å²) in [7, 11) is 0. The van der Waals surface area contributed by atoms with Gasteiger partial charge < -0.3 is 5.32 Å². The molecular weight excluding hydrogens is 348 g/mol. The van der Waals surface area contributed by atoms with Crippen LogP contribution in [-0.4, -0.2) is 10.9 Å². The second-order valence-electron chi connectivity index (χ2n) is 4.63. The fourth-order valence-electron chi connectivity index (χ4n) is 2.20. The van der Waals surface area contributed by atoms with Crippen LogP contribution in [0.5, 0.6) is 0 Å². The lowest BCUT2D eigenvalue weighted by atomic mass is 9.76. The topological polar surface area (TPSA) is 42.0 Å². The summed E-state index contributed by atoms with van der Waals surface area (Å²) >= 11 is 4.82. The number of thiazole rings is 1. The van der Waals surface area contributed by atoms with Crippen molar-refractivity contribution >= 4 is 38.3 Å². The van der Waals surface area contributed by atoms with Crippen molar-refractivity contribution in [1.82, 2.24) is 4.98 Å². The molecule has 2 aromatic rings. The second kappa shape index (κ2) is 6.42. The first-order chi connectivity index (χ1) is 10.0. The van der Waals surface area contributed by atoms with Gasteiger partial charge in [0, 0.05) is 16.8 Å². The molecule has 2 rings (SSSR count). The van der Waals surface area contributed by atoms with Gasteiger partial charge in [0.1, 0.15) is 0 Å². The molecule has 1 aromatic heterocycles. The normalized spacial score (nSPS) is 13.2. The summed E-state index contributed by atoms with van der Waals surface area (Å²) in [6.07, 6.45) is 6.58. The fraction of sp³-hybridized carbons (Fsp3) is 0.250. The highest BCUT2D eigenvalue weighted by Crippen LogP contribution is 2.37. The number of rotatable bonds is 4. The van der Waals surface area contributed by atoms with E-state index in [0.717, 1.165) is 22.2 Å². The Hall–Kier alpha value is -1.64. The van der Waals surface area contributed by atoms with E-state index in [1.54, 1.807) is 0 Å². The summed E-state index contributed by atoms with van der Waals surface area (Å²) in [6.45, 7) is 3.50. The number of amides is 1. The number of nitrogens with one attached hydrogen (secondary N) is 1. The van der Waals surface area contributed by atoms with E-state index in [1.807, 2.05) is 36.6 Å². The SMILES string of the molecule is C#CC(CC)(c1ccc(Br)cc1)c1csc(NC(C)=O)n1. The minimum absolute atomic E-state index is 0.137. The van der Waals surface area contributed by atoms with Crippen molar-refractivity contribution < 1.29 is 4.79 Å². The van der Waals surface area contributed by atoms with E-state index in [9.17, 15) is 4.79 Å². The molecule has 0 aliphatic carbocycles. The van der Waals surface area contributed by atoms with E-state index in [4.69, 9.17) is 6.42 Å². The largest absolute Gasteiger partial charge is 0.302 e. The van der Waals surface area contributed by atoms with Gasteiger partial charge in [0.25, 0.3) is 0 Å². The zero-order valence-electron chi connectivity index (χ0n) is 11.8. The molecule has 0 saturated carbocycles. The van der Waals surface area contributed by atoms with E-state index in [-0.39, 0.29) is 5.91 Å². The quantitative estimate of drug-likeness (QED) is 0.828. The van der Waals surface area contributed by atoms with Gasteiger partial charge in [0.15, 0.2) is 5.13 Å². The number of benzene rings is 1. The van der Waals surface area contributed by atoms with Crippen LogP contribution in [0.15, 0.2) is 34.1 Å². The van der Waals surface area contributed by atoms with Gasteiger partial charge in [-0.3, -0.25) is 4.79 Å². The molecule has 108 valence electrons. The maximum atomic E-state index is 11.1. The minimum atomic E-state index is -0.575. The number of halogens is 1. The van der Waals surface area contributed by atoms with Gasteiger partial charge in [-0.25, -0.2) is 4.98 Å². The zero-order chi connectivity index (χ0) is 15.5. The number of carbonyl (C=O) groups excluding carboxylic acids is 1. The standard InChI is InChI=1S/C16H15BrN2OS/c1-4-16(5-2,12-6-8-13(17)9-7-12)14-10-21-15(19-14)18-11(3)20/h1,6-10H,5H2,2-3H3,(H,18,19,20). The van der Waals surface area contributed by atoms with Gasteiger partial charge >= 0.3 is 0 Å². The first kappa shape index (κ1) is 15.7. The Kier molecular flexibility index (Phi) is 4.81. The molecule has 1 atom stereocenters. The van der Waals surface area contributed by atoms with Crippen molar-refractivity contribution in [1.29, 1.82) is 0 Å². The third-order valence-electron chi connectivity index (χ3n) is 3.34. The van der Waals surface area contributed by atoms with Gasteiger partial charge in [-0.1, -0.05) is 40.9 Å². The van der Waals surface area contributed by atoms with E-state index >= 15 is 0 Å². The number of aromatic nitrogens is 1. The Labute approximate surface area is 136 Å². The predicted molar refractivity (Wildman–Crippen MR) is 90.5 cm³/mol. The first-order valence-electron chi connectivity index (χ1n) is 6.49. The smallest absolute Gasteiger partial charge is 0.223 e. The molecular formula is C16H15BrN2OS. The number of nitrogens with zero attached hydrogens (tertiary/aromatic N) is 1. The molecule has 1 amide bonds. The van der Waals surface area contributed by atoms with Gasteiger partial charge in [-0.15, -0.1) is 17.8 Å². The van der Waals surface area contributed by atoms with Crippen LogP contribution in [0.3, 0.4) is 0 Å². The van der Waals surface area contributed by atoms with E-state index in [1.165, 1.54) is 18.3 Å². The summed E-state index contributed by atoms with van der Waals surface area (Å²) in [5.74, 6) is 2.76. The van der Waals surface area contributed by atoms with E-state index < -0.39 is 5.41 Å². The fourth-order valence-corrected chi connectivity index (χ4v) is 3.30. The van der Waals surface area contributed by atoms with Crippen molar-refractivity contribution in [3.8, 4) is 12.3 Å². The van der Waals surface area contributed by atoms with Crippen LogP contribution >= 0.6 is 27.3 Å². The lowest BCUT2D eigenvalue weighted by Gasteiger charge is -2.26. The van der Waals surface area contributed by atoms with Gasteiger partial charge in [0.2, 0.25) is 5.91 Å². The van der Waals surface area contributed by atoms with Crippen LogP contribution < -0.4 is 5.32 Å². The molecule has 0 bridgehead atoms. The number of hydrogen-bond donors (Lipinski definition) is 1. The molecule has 0 aliphatic rings. The van der Waals surface area contributed by atoms with Crippen molar-refractivity contribution in [2.24, 2.45) is 0 Å². The molecule has 5 heteroatoms. The molecule has 21 heavy (non-hydrogen) atoms. The molecule has 1 unspecified atom stereocenters. The number of hydrogen-bond acceptors (Lipinski definition) is 3. The highest BCUT2D eigenvalue weighted by atomic mass is 79.9. The predicted octanol–water partition coefficient (Wildman–Crippen LogP) is 4.19. The zero-order valence-corrected chi connectivity index (χ0v) is 14.2. The molecule has 0 fully saturated rings. The summed E-state index contributed by atoms with van der Waals surface area (Å²) in [6, 6.07) is 7.95. The monoisotopic (exact) mass is 362 g/mol. The first-order valence-corrected chi connectivity index (χ1v) is 8.16. The van der Waals surface area contributed by atoms with Crippen molar-refractivity contribution in [3.63, 3.8) is 0 Å². The highest BCUT2D eigenvalue weighted by Gasteiger charge is 2.33. The molecule has 1 N–H and O–H groups in total. The summed E-state index contributed by atoms with van der Waals surface area (Å²) in [5, 5.41) is 5.18. The molecule has 0 saturated heterocycles. The van der Waals surface area contributed by atoms with Crippen molar-refractivity contribution in [3.05, 3.63) is 45.4 Å². The van der Waals surface area contributed by atoms with Crippen molar-refractivity contribution in [2.45, 2.75) is 25.7 Å². The van der Waals surface area contributed by atoms with Crippen molar-refractivity contribution in [2.75, 3.05) is 5.32 Å². The van der Waals surface area contributed by atoms with Gasteiger partial charge in [-0.2, -0.15) is 0 Å². The van der Waals surface area contributed by atoms with E-state index in [0.29, 0.717) is 5.13 Å². The Balaban J connectivity index is 2.47. The van der Waals surface area contributed by atoms with E-state index in [2.05, 4.69) is 32.2 Å². The summed E-state index contributed by atoms with van der Waals surface area (Å²) in [5.41, 5.74) is 1.24. The van der Waals surface area contributed by atoms with Crippen LogP contribution in [0, 0.1) is 12.3 Å². The minimum Gasteiger partial charge on any atom is -0.302 e. The summed E-state index contributed by atoms with van der Waals surface area (Å²) < 4.78 is 1.01. The lowest BCUT2D eigenvalue weighted by molar-refractivity contribution is -0.114. The molecule has 0 radical (unpaired) electrons. The molecule has 0 spiro atoms. The van der Waals surface area contributed by atoms with Gasteiger partial charge in [-0.05, 0) is 24.1 Å². The third kappa shape index (κ3) is 3.17. The number of anilines is 1. The Morgan fingerprint density at radius 3 is 2.67 bits per heavy atom. The Bertz CT molecular complexity index is 687. The maximum absolute atomic E-state index is 11.1. The molecule has 3 nitrogen and oxygen atoms in total. The lowest BCUT2D eigenvalue weighted by Crippen LogP contribution is -2.25. The van der Waals surface area contributed by atoms with Crippen LogP contribution in [0.4, 0.5) is 5.13 Å². The van der Waals surface area contributed by atoms with Crippen LogP contribution in [0.2, 0.25) is 0 Å². The molecule has 0 aliphatic heterocycles. The average Bonchev–Trinajstić information content (AvgIpc) is 2.91. The highest BCUT2D eigenvalue weighted by molar-refractivity contribution is 9.10. The molecule has 1 aromatic carbocycles. The number of terminal acetylenes is 1. The Morgan fingerprint density at radius 1 is 1.48 bits per heavy atom. The Morgan fingerprint density at radius 2 is 2.14 bits per heavy atom. The van der Waals surface area contributed by atoms with Crippen LogP contribution in [0.25, 0.3) is 0 Å². The summed E-state index contributed by atoms with van der Waals surface area (Å²) in [4.78, 5) is 15.6. The number of carbonyl (C=O) groups is 1.